The molecule has 27 heavy (non-hydrogen) atoms. The lowest BCUT2D eigenvalue weighted by molar-refractivity contribution is -0.135. The summed E-state index contributed by atoms with van der Waals surface area (Å²) in [5.74, 6) is 0.0105. The van der Waals surface area contributed by atoms with Crippen molar-refractivity contribution in [2.24, 2.45) is 0 Å². The third kappa shape index (κ3) is 5.96. The molecule has 2 fully saturated rings. The fraction of sp³-hybridized carbons (Fsp3) is 0.619. The first-order chi connectivity index (χ1) is 13.1. The Kier molecular flexibility index (Phi) is 7.10. The maximum Gasteiger partial charge on any atom is 0.317 e. The molecule has 3 amide bonds. The third-order valence-corrected chi connectivity index (χ3v) is 5.31. The normalized spacial score (nSPS) is 20.2. The maximum atomic E-state index is 12.4. The molecular formula is C21H31N3O3. The number of unbranched alkanes of at least 4 members (excludes halogenated alkanes) is 1. The minimum atomic E-state index is -0.129. The fourth-order valence-electron chi connectivity index (χ4n) is 3.76. The summed E-state index contributed by atoms with van der Waals surface area (Å²) in [6.07, 6.45) is 5.85. The Labute approximate surface area is 161 Å². The molecule has 2 aliphatic heterocycles. The molecule has 0 radical (unpaired) electrons. The van der Waals surface area contributed by atoms with Gasteiger partial charge in [0.2, 0.25) is 5.91 Å². The van der Waals surface area contributed by atoms with Crippen LogP contribution in [-0.4, -0.2) is 60.6 Å². The second kappa shape index (κ2) is 9.74. The molecule has 3 rings (SSSR count). The van der Waals surface area contributed by atoms with Gasteiger partial charge < -0.3 is 19.9 Å². The lowest BCUT2D eigenvalue weighted by Gasteiger charge is -2.34. The number of nitrogens with one attached hydrogen (secondary N) is 1. The summed E-state index contributed by atoms with van der Waals surface area (Å²) in [7, 11) is 0. The number of aryl methyl sites for hydroxylation is 1. The van der Waals surface area contributed by atoms with Crippen molar-refractivity contribution in [2.45, 2.75) is 51.7 Å². The minimum absolute atomic E-state index is 0.0105. The molecule has 0 unspecified atom stereocenters. The monoisotopic (exact) mass is 373 g/mol. The third-order valence-electron chi connectivity index (χ3n) is 5.31. The average Bonchev–Trinajstić information content (AvgIpc) is 3.16. The van der Waals surface area contributed by atoms with Crippen LogP contribution < -0.4 is 5.32 Å². The van der Waals surface area contributed by atoms with Crippen molar-refractivity contribution >= 4 is 11.9 Å². The van der Waals surface area contributed by atoms with Gasteiger partial charge in [-0.3, -0.25) is 4.79 Å². The van der Waals surface area contributed by atoms with E-state index in [2.05, 4.69) is 11.4 Å². The Morgan fingerprint density at radius 2 is 2.19 bits per heavy atom. The number of amides is 3. The van der Waals surface area contributed by atoms with Crippen molar-refractivity contribution in [2.75, 3.05) is 32.8 Å². The fourth-order valence-corrected chi connectivity index (χ4v) is 3.76. The van der Waals surface area contributed by atoms with Crippen molar-refractivity contribution in [3.63, 3.8) is 0 Å². The summed E-state index contributed by atoms with van der Waals surface area (Å²) in [6.45, 7) is 5.54. The smallest absolute Gasteiger partial charge is 0.317 e. The highest BCUT2D eigenvalue weighted by Gasteiger charge is 2.27. The van der Waals surface area contributed by atoms with Gasteiger partial charge in [-0.1, -0.05) is 29.8 Å². The van der Waals surface area contributed by atoms with Crippen LogP contribution in [0, 0.1) is 6.92 Å². The number of nitrogens with zero attached hydrogens (tertiary/aromatic N) is 2. The van der Waals surface area contributed by atoms with Gasteiger partial charge in [0, 0.05) is 32.8 Å². The molecule has 1 atom stereocenters. The van der Waals surface area contributed by atoms with E-state index in [1.54, 1.807) is 4.90 Å². The molecule has 2 heterocycles. The second-order valence-electron chi connectivity index (χ2n) is 7.59. The molecule has 0 bridgehead atoms. The standard InChI is InChI=1S/C21H31N3O3/c1-17-6-4-7-18(14-17)15-23-11-12-24(16-20(23)25)21(26)22-10-3-2-8-19-9-5-13-27-19/h4,6-7,14,19H,2-3,5,8-13,15-16H2,1H3,(H,22,26)/t19-/m1/s1. The number of hydrogen-bond donors (Lipinski definition) is 1. The van der Waals surface area contributed by atoms with E-state index >= 15 is 0 Å². The SMILES string of the molecule is Cc1cccc(CN2CCN(C(=O)NCCCC[C@@H]3CCCO3)CC2=O)c1. The van der Waals surface area contributed by atoms with E-state index in [1.807, 2.05) is 30.0 Å². The number of piperazine rings is 1. The zero-order chi connectivity index (χ0) is 19.1. The highest BCUT2D eigenvalue weighted by molar-refractivity contribution is 5.85. The molecule has 1 N–H and O–H groups in total. The first-order valence-corrected chi connectivity index (χ1v) is 10.1. The molecule has 6 heteroatoms. The number of rotatable bonds is 7. The molecule has 0 saturated carbocycles. The molecule has 2 saturated heterocycles. The number of carbonyl (C=O) groups excluding carboxylic acids is 2. The van der Waals surface area contributed by atoms with Crippen LogP contribution in [0.1, 0.15) is 43.2 Å². The quantitative estimate of drug-likeness (QED) is 0.748. The maximum absolute atomic E-state index is 12.4. The van der Waals surface area contributed by atoms with E-state index in [-0.39, 0.29) is 18.5 Å². The van der Waals surface area contributed by atoms with Crippen LogP contribution in [0.25, 0.3) is 0 Å². The topological polar surface area (TPSA) is 61.9 Å². The van der Waals surface area contributed by atoms with E-state index in [4.69, 9.17) is 4.74 Å². The van der Waals surface area contributed by atoms with Crippen LogP contribution in [0.4, 0.5) is 4.79 Å². The molecular weight excluding hydrogens is 342 g/mol. The molecule has 148 valence electrons. The molecule has 0 spiro atoms. The molecule has 1 aromatic carbocycles. The lowest BCUT2D eigenvalue weighted by Crippen LogP contribution is -2.54. The van der Waals surface area contributed by atoms with Crippen molar-refractivity contribution in [3.05, 3.63) is 35.4 Å². The number of hydrogen-bond acceptors (Lipinski definition) is 3. The summed E-state index contributed by atoms with van der Waals surface area (Å²) in [5.41, 5.74) is 2.32. The predicted octanol–water partition coefficient (Wildman–Crippen LogP) is 2.70. The summed E-state index contributed by atoms with van der Waals surface area (Å²) in [4.78, 5) is 28.2. The molecule has 6 nitrogen and oxygen atoms in total. The van der Waals surface area contributed by atoms with Gasteiger partial charge in [-0.15, -0.1) is 0 Å². The van der Waals surface area contributed by atoms with E-state index in [0.717, 1.165) is 31.4 Å². The largest absolute Gasteiger partial charge is 0.378 e. The summed E-state index contributed by atoms with van der Waals surface area (Å²) >= 11 is 0. The van der Waals surface area contributed by atoms with Crippen molar-refractivity contribution < 1.29 is 14.3 Å². The highest BCUT2D eigenvalue weighted by Crippen LogP contribution is 2.17. The van der Waals surface area contributed by atoms with Crippen LogP contribution >= 0.6 is 0 Å². The van der Waals surface area contributed by atoms with E-state index in [0.29, 0.717) is 32.3 Å². The van der Waals surface area contributed by atoms with Crippen LogP contribution in [0.5, 0.6) is 0 Å². The Hall–Kier alpha value is -2.08. The highest BCUT2D eigenvalue weighted by atomic mass is 16.5. The number of urea groups is 1. The van der Waals surface area contributed by atoms with E-state index in [1.165, 1.54) is 18.4 Å². The van der Waals surface area contributed by atoms with E-state index < -0.39 is 0 Å². The van der Waals surface area contributed by atoms with Crippen molar-refractivity contribution in [3.8, 4) is 0 Å². The Morgan fingerprint density at radius 1 is 1.30 bits per heavy atom. The van der Waals surface area contributed by atoms with Crippen LogP contribution in [0.2, 0.25) is 0 Å². The zero-order valence-electron chi connectivity index (χ0n) is 16.3. The average molecular weight is 373 g/mol. The lowest BCUT2D eigenvalue weighted by atomic mass is 10.1. The van der Waals surface area contributed by atoms with Gasteiger partial charge in [-0.2, -0.15) is 0 Å². The van der Waals surface area contributed by atoms with Crippen molar-refractivity contribution in [1.29, 1.82) is 0 Å². The molecule has 2 aliphatic rings. The van der Waals surface area contributed by atoms with Gasteiger partial charge in [-0.05, 0) is 44.6 Å². The first kappa shape index (κ1) is 19.7. The van der Waals surface area contributed by atoms with Crippen LogP contribution in [0.3, 0.4) is 0 Å². The van der Waals surface area contributed by atoms with Gasteiger partial charge >= 0.3 is 6.03 Å². The van der Waals surface area contributed by atoms with Crippen molar-refractivity contribution in [1.82, 2.24) is 15.1 Å². The summed E-state index contributed by atoms with van der Waals surface area (Å²) < 4.78 is 5.61. The molecule has 1 aromatic rings. The Morgan fingerprint density at radius 3 is 2.93 bits per heavy atom. The van der Waals surface area contributed by atoms with Gasteiger partial charge in [0.25, 0.3) is 0 Å². The van der Waals surface area contributed by atoms with Crippen LogP contribution in [-0.2, 0) is 16.1 Å². The number of ether oxygens (including phenoxy) is 1. The minimum Gasteiger partial charge on any atom is -0.378 e. The van der Waals surface area contributed by atoms with Gasteiger partial charge in [0.15, 0.2) is 0 Å². The first-order valence-electron chi connectivity index (χ1n) is 10.1. The van der Waals surface area contributed by atoms with Gasteiger partial charge in [0.05, 0.1) is 6.10 Å². The van der Waals surface area contributed by atoms with Gasteiger partial charge in [0.1, 0.15) is 6.54 Å². The number of carbonyl (C=O) groups is 2. The Bertz CT molecular complexity index is 643. The molecule has 0 aliphatic carbocycles. The number of benzene rings is 1. The predicted molar refractivity (Wildman–Crippen MR) is 104 cm³/mol. The summed E-state index contributed by atoms with van der Waals surface area (Å²) in [5, 5.41) is 2.95. The zero-order valence-corrected chi connectivity index (χ0v) is 16.3. The Balaban J connectivity index is 1.34. The van der Waals surface area contributed by atoms with Gasteiger partial charge in [-0.25, -0.2) is 4.79 Å². The summed E-state index contributed by atoms with van der Waals surface area (Å²) in [6, 6.07) is 8.07. The van der Waals surface area contributed by atoms with Crippen LogP contribution in [0.15, 0.2) is 24.3 Å². The molecule has 0 aromatic heterocycles. The second-order valence-corrected chi connectivity index (χ2v) is 7.59. The van der Waals surface area contributed by atoms with E-state index in [9.17, 15) is 9.59 Å².